The van der Waals surface area contributed by atoms with Gasteiger partial charge in [0.2, 0.25) is 0 Å². The topological polar surface area (TPSA) is 64.1 Å². The van der Waals surface area contributed by atoms with E-state index in [2.05, 4.69) is 15.3 Å². The summed E-state index contributed by atoms with van der Waals surface area (Å²) in [5, 5.41) is 3.26. The number of aromatic nitrogens is 2. The van der Waals surface area contributed by atoms with Gasteiger partial charge in [0.05, 0.1) is 24.4 Å². The first-order valence-corrected chi connectivity index (χ1v) is 6.98. The zero-order chi connectivity index (χ0) is 15.1. The number of hydrogen-bond acceptors (Lipinski definition) is 5. The minimum absolute atomic E-state index is 0.283. The molecule has 0 aliphatic heterocycles. The first kappa shape index (κ1) is 15.0. The fourth-order valence-electron chi connectivity index (χ4n) is 1.80. The molecular weight excluding hydrogens is 266 g/mol. The highest BCUT2D eigenvalue weighted by Gasteiger charge is 2.06. The molecule has 0 unspecified atom stereocenters. The number of nitrogens with zero attached hydrogens (tertiary/aromatic N) is 2. The molecule has 2 aromatic rings. The van der Waals surface area contributed by atoms with E-state index in [0.29, 0.717) is 18.7 Å². The molecule has 0 saturated carbocycles. The standard InChI is InChI=1S/C16H19N3O2/c1-3-10-21-16(20)13-4-6-14(7-5-13)18-11-15-8-9-17-12(2)19-15/h4-9,18H,3,10-11H2,1-2H3. The maximum Gasteiger partial charge on any atom is 0.338 e. The number of carbonyl (C=O) groups excluding carboxylic acids is 1. The van der Waals surface area contributed by atoms with Crippen molar-refractivity contribution >= 4 is 11.7 Å². The lowest BCUT2D eigenvalue weighted by molar-refractivity contribution is 0.0505. The van der Waals surface area contributed by atoms with Gasteiger partial charge in [-0.25, -0.2) is 14.8 Å². The zero-order valence-electron chi connectivity index (χ0n) is 12.3. The summed E-state index contributed by atoms with van der Waals surface area (Å²) >= 11 is 0. The predicted molar refractivity (Wildman–Crippen MR) is 81.1 cm³/mol. The second-order valence-electron chi connectivity index (χ2n) is 4.66. The van der Waals surface area contributed by atoms with E-state index in [0.717, 1.165) is 23.6 Å². The Hall–Kier alpha value is -2.43. The van der Waals surface area contributed by atoms with E-state index in [1.807, 2.05) is 32.0 Å². The van der Waals surface area contributed by atoms with Gasteiger partial charge in [0.1, 0.15) is 5.82 Å². The van der Waals surface area contributed by atoms with Crippen molar-refractivity contribution < 1.29 is 9.53 Å². The number of aryl methyl sites for hydroxylation is 1. The number of hydrogen-bond donors (Lipinski definition) is 1. The molecular formula is C16H19N3O2. The first-order valence-electron chi connectivity index (χ1n) is 6.98. The lowest BCUT2D eigenvalue weighted by atomic mass is 10.2. The van der Waals surface area contributed by atoms with E-state index in [1.54, 1.807) is 18.3 Å². The molecule has 0 aliphatic carbocycles. The molecule has 0 atom stereocenters. The third-order valence-corrected chi connectivity index (χ3v) is 2.87. The highest BCUT2D eigenvalue weighted by atomic mass is 16.5. The van der Waals surface area contributed by atoms with E-state index in [1.165, 1.54) is 0 Å². The normalized spacial score (nSPS) is 10.2. The van der Waals surface area contributed by atoms with Crippen LogP contribution in [0.25, 0.3) is 0 Å². The summed E-state index contributed by atoms with van der Waals surface area (Å²) in [6, 6.07) is 9.10. The third-order valence-electron chi connectivity index (χ3n) is 2.87. The number of anilines is 1. The maximum absolute atomic E-state index is 11.7. The quantitative estimate of drug-likeness (QED) is 0.827. The van der Waals surface area contributed by atoms with Crippen molar-refractivity contribution in [1.29, 1.82) is 0 Å². The first-order chi connectivity index (χ1) is 10.2. The Balaban J connectivity index is 1.92. The number of carbonyl (C=O) groups is 1. The Morgan fingerprint density at radius 1 is 1.24 bits per heavy atom. The van der Waals surface area contributed by atoms with Gasteiger partial charge in [-0.2, -0.15) is 0 Å². The Morgan fingerprint density at radius 2 is 2.00 bits per heavy atom. The Labute approximate surface area is 124 Å². The Morgan fingerprint density at radius 3 is 2.67 bits per heavy atom. The second kappa shape index (κ2) is 7.38. The molecule has 5 heteroatoms. The summed E-state index contributed by atoms with van der Waals surface area (Å²) in [5.74, 6) is 0.471. The van der Waals surface area contributed by atoms with Gasteiger partial charge in [-0.15, -0.1) is 0 Å². The van der Waals surface area contributed by atoms with E-state index < -0.39 is 0 Å². The second-order valence-corrected chi connectivity index (χ2v) is 4.66. The van der Waals surface area contributed by atoms with Gasteiger partial charge in [-0.05, 0) is 43.7 Å². The third kappa shape index (κ3) is 4.56. The molecule has 110 valence electrons. The van der Waals surface area contributed by atoms with Crippen LogP contribution in [0.1, 0.15) is 35.2 Å². The van der Waals surface area contributed by atoms with Gasteiger partial charge >= 0.3 is 5.97 Å². The number of nitrogens with one attached hydrogen (secondary N) is 1. The maximum atomic E-state index is 11.7. The highest BCUT2D eigenvalue weighted by Crippen LogP contribution is 2.11. The number of benzene rings is 1. The van der Waals surface area contributed by atoms with Crippen molar-refractivity contribution in [3.8, 4) is 0 Å². The summed E-state index contributed by atoms with van der Waals surface area (Å²) in [7, 11) is 0. The molecule has 2 rings (SSSR count). The van der Waals surface area contributed by atoms with E-state index >= 15 is 0 Å². The zero-order valence-corrected chi connectivity index (χ0v) is 12.3. The van der Waals surface area contributed by atoms with Crippen LogP contribution < -0.4 is 5.32 Å². The van der Waals surface area contributed by atoms with Crippen molar-refractivity contribution in [2.24, 2.45) is 0 Å². The fourth-order valence-corrected chi connectivity index (χ4v) is 1.80. The average molecular weight is 285 g/mol. The van der Waals surface area contributed by atoms with Crippen LogP contribution in [0.3, 0.4) is 0 Å². The number of rotatable bonds is 6. The van der Waals surface area contributed by atoms with Crippen LogP contribution in [-0.2, 0) is 11.3 Å². The van der Waals surface area contributed by atoms with Crippen LogP contribution in [0.5, 0.6) is 0 Å². The summed E-state index contributed by atoms with van der Waals surface area (Å²) < 4.78 is 5.08. The predicted octanol–water partition coefficient (Wildman–Crippen LogP) is 2.96. The largest absolute Gasteiger partial charge is 0.462 e. The SMILES string of the molecule is CCCOC(=O)c1ccc(NCc2ccnc(C)n2)cc1. The lowest BCUT2D eigenvalue weighted by Gasteiger charge is -2.07. The van der Waals surface area contributed by atoms with Crippen LogP contribution in [0.4, 0.5) is 5.69 Å². The molecule has 21 heavy (non-hydrogen) atoms. The molecule has 0 fully saturated rings. The van der Waals surface area contributed by atoms with Crippen molar-refractivity contribution in [2.75, 3.05) is 11.9 Å². The Bertz CT molecular complexity index is 597. The highest BCUT2D eigenvalue weighted by molar-refractivity contribution is 5.89. The number of esters is 1. The Kier molecular flexibility index (Phi) is 5.26. The summed E-state index contributed by atoms with van der Waals surface area (Å²) in [5.41, 5.74) is 2.42. The van der Waals surface area contributed by atoms with Crippen molar-refractivity contribution in [2.45, 2.75) is 26.8 Å². The molecule has 5 nitrogen and oxygen atoms in total. The molecule has 1 N–H and O–H groups in total. The lowest BCUT2D eigenvalue weighted by Crippen LogP contribution is -2.06. The molecule has 0 aliphatic rings. The van der Waals surface area contributed by atoms with Crippen LogP contribution >= 0.6 is 0 Å². The van der Waals surface area contributed by atoms with Gasteiger partial charge < -0.3 is 10.1 Å². The van der Waals surface area contributed by atoms with Crippen LogP contribution in [0, 0.1) is 6.92 Å². The molecule has 0 spiro atoms. The number of ether oxygens (including phenoxy) is 1. The van der Waals surface area contributed by atoms with Crippen LogP contribution in [-0.4, -0.2) is 22.5 Å². The van der Waals surface area contributed by atoms with Crippen molar-refractivity contribution in [3.05, 3.63) is 53.6 Å². The molecule has 0 bridgehead atoms. The van der Waals surface area contributed by atoms with Crippen molar-refractivity contribution in [3.63, 3.8) is 0 Å². The fraction of sp³-hybridized carbons (Fsp3) is 0.312. The monoisotopic (exact) mass is 285 g/mol. The van der Waals surface area contributed by atoms with Crippen LogP contribution in [0.2, 0.25) is 0 Å². The van der Waals surface area contributed by atoms with Crippen LogP contribution in [0.15, 0.2) is 36.5 Å². The van der Waals surface area contributed by atoms with Gasteiger partial charge in [-0.1, -0.05) is 6.92 Å². The van der Waals surface area contributed by atoms with E-state index in [4.69, 9.17) is 4.74 Å². The molecule has 1 aromatic carbocycles. The average Bonchev–Trinajstić information content (AvgIpc) is 2.51. The van der Waals surface area contributed by atoms with Crippen molar-refractivity contribution in [1.82, 2.24) is 9.97 Å². The minimum Gasteiger partial charge on any atom is -0.462 e. The van der Waals surface area contributed by atoms with Gasteiger partial charge in [0.15, 0.2) is 0 Å². The summed E-state index contributed by atoms with van der Waals surface area (Å²) in [4.78, 5) is 20.1. The van der Waals surface area contributed by atoms with Gasteiger partial charge in [0.25, 0.3) is 0 Å². The van der Waals surface area contributed by atoms with Gasteiger partial charge in [-0.3, -0.25) is 0 Å². The van der Waals surface area contributed by atoms with E-state index in [9.17, 15) is 4.79 Å². The molecule has 1 heterocycles. The van der Waals surface area contributed by atoms with Gasteiger partial charge in [0, 0.05) is 11.9 Å². The smallest absolute Gasteiger partial charge is 0.338 e. The molecule has 0 amide bonds. The summed E-state index contributed by atoms with van der Waals surface area (Å²) in [6.45, 7) is 4.89. The molecule has 0 saturated heterocycles. The van der Waals surface area contributed by atoms with E-state index in [-0.39, 0.29) is 5.97 Å². The summed E-state index contributed by atoms with van der Waals surface area (Å²) in [6.07, 6.45) is 2.57. The molecule has 1 aromatic heterocycles. The minimum atomic E-state index is -0.283. The molecule has 0 radical (unpaired) electrons.